The Labute approximate surface area is 136 Å². The Hall–Kier alpha value is -1.95. The minimum atomic E-state index is 0.0611. The van der Waals surface area contributed by atoms with Gasteiger partial charge in [0.15, 0.2) is 5.65 Å². The second kappa shape index (κ2) is 6.28. The molecule has 3 rings (SSSR count). The maximum Gasteiger partial charge on any atom is 0.254 e. The predicted octanol–water partition coefficient (Wildman–Crippen LogP) is 2.08. The van der Waals surface area contributed by atoms with Gasteiger partial charge in [0.1, 0.15) is 0 Å². The molecule has 2 aromatic rings. The summed E-state index contributed by atoms with van der Waals surface area (Å²) in [5.41, 5.74) is 3.16. The molecular formula is C17H24N4O2. The van der Waals surface area contributed by atoms with Gasteiger partial charge in [0.2, 0.25) is 0 Å². The van der Waals surface area contributed by atoms with E-state index >= 15 is 0 Å². The normalized spacial score (nSPS) is 17.8. The van der Waals surface area contributed by atoms with E-state index in [-0.39, 0.29) is 5.91 Å². The van der Waals surface area contributed by atoms with Crippen molar-refractivity contribution >= 4 is 16.9 Å². The predicted molar refractivity (Wildman–Crippen MR) is 88.5 cm³/mol. The van der Waals surface area contributed by atoms with Crippen LogP contribution < -0.4 is 0 Å². The highest BCUT2D eigenvalue weighted by atomic mass is 16.5. The highest BCUT2D eigenvalue weighted by molar-refractivity contribution is 6.06. The number of carbonyl (C=O) groups is 1. The lowest BCUT2D eigenvalue weighted by Crippen LogP contribution is -2.35. The summed E-state index contributed by atoms with van der Waals surface area (Å²) in [6.45, 7) is 8.86. The van der Waals surface area contributed by atoms with E-state index < -0.39 is 0 Å². The molecule has 0 radical (unpaired) electrons. The minimum Gasteiger partial charge on any atom is -0.381 e. The maximum atomic E-state index is 13.1. The van der Waals surface area contributed by atoms with E-state index in [1.165, 1.54) is 0 Å². The molecule has 6 heteroatoms. The first-order chi connectivity index (χ1) is 11.0. The number of hydrogen-bond acceptors (Lipinski definition) is 4. The molecule has 0 aliphatic carbocycles. The van der Waals surface area contributed by atoms with Gasteiger partial charge in [-0.05, 0) is 33.3 Å². The third-order valence-corrected chi connectivity index (χ3v) is 4.50. The first-order valence-electron chi connectivity index (χ1n) is 8.19. The molecule has 0 spiro atoms. The molecule has 1 atom stereocenters. The van der Waals surface area contributed by atoms with Crippen LogP contribution in [-0.4, -0.2) is 51.9 Å². The van der Waals surface area contributed by atoms with E-state index in [0.29, 0.717) is 18.0 Å². The molecule has 3 heterocycles. The minimum absolute atomic E-state index is 0.0611. The Morgan fingerprint density at radius 3 is 2.91 bits per heavy atom. The molecule has 0 bridgehead atoms. The first kappa shape index (κ1) is 15.9. The van der Waals surface area contributed by atoms with Gasteiger partial charge in [0.05, 0.1) is 23.3 Å². The van der Waals surface area contributed by atoms with Crippen LogP contribution >= 0.6 is 0 Å². The summed E-state index contributed by atoms with van der Waals surface area (Å²) in [6.07, 6.45) is 1.03. The topological polar surface area (TPSA) is 60.2 Å². The molecule has 1 aliphatic rings. The van der Waals surface area contributed by atoms with E-state index in [1.807, 2.05) is 38.8 Å². The van der Waals surface area contributed by atoms with E-state index in [9.17, 15) is 4.79 Å². The van der Waals surface area contributed by atoms with Gasteiger partial charge in [-0.3, -0.25) is 9.48 Å². The third kappa shape index (κ3) is 2.95. The van der Waals surface area contributed by atoms with Gasteiger partial charge in [-0.15, -0.1) is 0 Å². The summed E-state index contributed by atoms with van der Waals surface area (Å²) >= 11 is 0. The van der Waals surface area contributed by atoms with Gasteiger partial charge in [-0.1, -0.05) is 0 Å². The molecule has 1 fully saturated rings. The summed E-state index contributed by atoms with van der Waals surface area (Å²) < 4.78 is 7.18. The standard InChI is InChI=1S/C17H24N4O2/c1-5-21(9-13-6-7-23-10-13)17(22)14-8-11(2)18-16-15(14)12(3)19-20(16)4/h8,13H,5-7,9-10H2,1-4H3. The fraction of sp³-hybridized carbons (Fsp3) is 0.588. The highest BCUT2D eigenvalue weighted by Crippen LogP contribution is 2.24. The Morgan fingerprint density at radius 2 is 2.26 bits per heavy atom. The summed E-state index contributed by atoms with van der Waals surface area (Å²) in [7, 11) is 1.86. The Morgan fingerprint density at radius 1 is 1.48 bits per heavy atom. The van der Waals surface area contributed by atoms with Crippen LogP contribution in [-0.2, 0) is 11.8 Å². The lowest BCUT2D eigenvalue weighted by Gasteiger charge is -2.24. The number of amides is 1. The van der Waals surface area contributed by atoms with E-state index in [1.54, 1.807) is 4.68 Å². The Kier molecular flexibility index (Phi) is 4.35. The molecule has 0 N–H and O–H groups in total. The number of hydrogen-bond donors (Lipinski definition) is 0. The van der Waals surface area contributed by atoms with Gasteiger partial charge in [0, 0.05) is 38.4 Å². The van der Waals surface area contributed by atoms with E-state index in [0.717, 1.165) is 48.6 Å². The first-order valence-corrected chi connectivity index (χ1v) is 8.19. The number of aromatic nitrogens is 3. The number of rotatable bonds is 4. The van der Waals surface area contributed by atoms with E-state index in [4.69, 9.17) is 4.74 Å². The zero-order valence-corrected chi connectivity index (χ0v) is 14.3. The van der Waals surface area contributed by atoms with Gasteiger partial charge < -0.3 is 9.64 Å². The van der Waals surface area contributed by atoms with Crippen molar-refractivity contribution in [3.8, 4) is 0 Å². The molecule has 1 aliphatic heterocycles. The van der Waals surface area contributed by atoms with Crippen LogP contribution in [0.3, 0.4) is 0 Å². The number of nitrogens with zero attached hydrogens (tertiary/aromatic N) is 4. The van der Waals surface area contributed by atoms with Crippen LogP contribution in [0.25, 0.3) is 11.0 Å². The van der Waals surface area contributed by atoms with Crippen molar-refractivity contribution in [2.45, 2.75) is 27.2 Å². The van der Waals surface area contributed by atoms with Gasteiger partial charge in [-0.2, -0.15) is 5.10 Å². The molecule has 0 aromatic carbocycles. The van der Waals surface area contributed by atoms with Gasteiger partial charge in [-0.25, -0.2) is 4.98 Å². The van der Waals surface area contributed by atoms with Crippen LogP contribution in [0, 0.1) is 19.8 Å². The average Bonchev–Trinajstić information content (AvgIpc) is 3.12. The van der Waals surface area contributed by atoms with Crippen LogP contribution in [0.5, 0.6) is 0 Å². The monoisotopic (exact) mass is 316 g/mol. The SMILES string of the molecule is CCN(CC1CCOC1)C(=O)c1cc(C)nc2c1c(C)nn2C. The second-order valence-electron chi connectivity index (χ2n) is 6.29. The van der Waals surface area contributed by atoms with Gasteiger partial charge >= 0.3 is 0 Å². The molecule has 124 valence electrons. The van der Waals surface area contributed by atoms with Crippen molar-refractivity contribution in [2.24, 2.45) is 13.0 Å². The van der Waals surface area contributed by atoms with Crippen molar-refractivity contribution in [3.05, 3.63) is 23.0 Å². The fourth-order valence-corrected chi connectivity index (χ4v) is 3.30. The molecule has 1 saturated heterocycles. The number of carbonyl (C=O) groups excluding carboxylic acids is 1. The highest BCUT2D eigenvalue weighted by Gasteiger charge is 2.25. The molecule has 2 aromatic heterocycles. The third-order valence-electron chi connectivity index (χ3n) is 4.50. The van der Waals surface area contributed by atoms with Crippen molar-refractivity contribution in [1.82, 2.24) is 19.7 Å². The lowest BCUT2D eigenvalue weighted by molar-refractivity contribution is 0.0732. The number of ether oxygens (including phenoxy) is 1. The average molecular weight is 316 g/mol. The van der Waals surface area contributed by atoms with Crippen molar-refractivity contribution in [2.75, 3.05) is 26.3 Å². The molecule has 23 heavy (non-hydrogen) atoms. The molecule has 6 nitrogen and oxygen atoms in total. The van der Waals surface area contributed by atoms with Crippen LogP contribution in [0.4, 0.5) is 0 Å². The summed E-state index contributed by atoms with van der Waals surface area (Å²) in [4.78, 5) is 19.6. The van der Waals surface area contributed by atoms with Crippen LogP contribution in [0.15, 0.2) is 6.07 Å². The van der Waals surface area contributed by atoms with Crippen LogP contribution in [0.1, 0.15) is 35.1 Å². The van der Waals surface area contributed by atoms with E-state index in [2.05, 4.69) is 10.1 Å². The zero-order chi connectivity index (χ0) is 16.6. The summed E-state index contributed by atoms with van der Waals surface area (Å²) in [6, 6.07) is 1.88. The number of fused-ring (bicyclic) bond motifs is 1. The van der Waals surface area contributed by atoms with Crippen molar-refractivity contribution in [3.63, 3.8) is 0 Å². The smallest absolute Gasteiger partial charge is 0.254 e. The molecule has 1 unspecified atom stereocenters. The van der Waals surface area contributed by atoms with Gasteiger partial charge in [0.25, 0.3) is 5.91 Å². The largest absolute Gasteiger partial charge is 0.381 e. The zero-order valence-electron chi connectivity index (χ0n) is 14.3. The molecule has 0 saturated carbocycles. The van der Waals surface area contributed by atoms with Crippen molar-refractivity contribution < 1.29 is 9.53 Å². The van der Waals surface area contributed by atoms with Crippen molar-refractivity contribution in [1.29, 1.82) is 0 Å². The Bertz CT molecular complexity index is 732. The maximum absolute atomic E-state index is 13.1. The summed E-state index contributed by atoms with van der Waals surface area (Å²) in [5.74, 6) is 0.498. The molecular weight excluding hydrogens is 292 g/mol. The number of pyridine rings is 1. The fourth-order valence-electron chi connectivity index (χ4n) is 3.30. The summed E-state index contributed by atoms with van der Waals surface area (Å²) in [5, 5.41) is 5.29. The number of aryl methyl sites for hydroxylation is 3. The second-order valence-corrected chi connectivity index (χ2v) is 6.29. The van der Waals surface area contributed by atoms with Crippen LogP contribution in [0.2, 0.25) is 0 Å². The molecule has 1 amide bonds. The quantitative estimate of drug-likeness (QED) is 0.866. The lowest BCUT2D eigenvalue weighted by atomic mass is 10.1. The Balaban J connectivity index is 1.98.